The van der Waals surface area contributed by atoms with Crippen molar-refractivity contribution in [1.29, 1.82) is 0 Å². The number of benzene rings is 1. The number of carbonyl (C=O) groups excluding carboxylic acids is 1. The van der Waals surface area contributed by atoms with Crippen LogP contribution >= 0.6 is 0 Å². The molecule has 1 saturated heterocycles. The molecule has 1 saturated carbocycles. The van der Waals surface area contributed by atoms with Crippen molar-refractivity contribution in [3.8, 4) is 11.3 Å². The van der Waals surface area contributed by atoms with E-state index in [4.69, 9.17) is 4.74 Å². The molecule has 2 atom stereocenters. The zero-order valence-corrected chi connectivity index (χ0v) is 15.1. The topological polar surface area (TPSA) is 55.3 Å². The van der Waals surface area contributed by atoms with Crippen LogP contribution in [0.4, 0.5) is 13.6 Å². The van der Waals surface area contributed by atoms with Crippen LogP contribution in [0.25, 0.3) is 11.3 Å². The van der Waals surface area contributed by atoms with Gasteiger partial charge in [-0.15, -0.1) is 5.10 Å². The average molecular weight is 371 g/mol. The molecule has 0 unspecified atom stereocenters. The molecular weight excluding hydrogens is 352 g/mol. The number of halogens is 2. The molecule has 2 bridgehead atoms. The molecule has 5 rings (SSSR count). The summed E-state index contributed by atoms with van der Waals surface area (Å²) in [7, 11) is 0. The van der Waals surface area contributed by atoms with Crippen LogP contribution in [0.15, 0.2) is 24.3 Å². The van der Waals surface area contributed by atoms with E-state index in [1.165, 1.54) is 18.2 Å². The van der Waals surface area contributed by atoms with Gasteiger partial charge in [-0.3, -0.25) is 4.90 Å². The number of carbonyl (C=O) groups is 1. The van der Waals surface area contributed by atoms with Crippen LogP contribution < -0.4 is 0 Å². The smallest absolute Gasteiger partial charge is 0.410 e. The summed E-state index contributed by atoms with van der Waals surface area (Å²) in [6.45, 7) is 5.13. The van der Waals surface area contributed by atoms with Crippen molar-refractivity contribution in [2.45, 2.75) is 38.1 Å². The Morgan fingerprint density at radius 3 is 2.63 bits per heavy atom. The maximum Gasteiger partial charge on any atom is 0.410 e. The summed E-state index contributed by atoms with van der Waals surface area (Å²) in [6.07, 6.45) is 1.34. The van der Waals surface area contributed by atoms with Gasteiger partial charge in [0.1, 0.15) is 18.2 Å². The van der Waals surface area contributed by atoms with Crippen LogP contribution in [0, 0.1) is 17.0 Å². The Morgan fingerprint density at radius 2 is 1.96 bits per heavy atom. The van der Waals surface area contributed by atoms with Gasteiger partial charge in [0.15, 0.2) is 0 Å². The number of hydrogen-bond donors (Lipinski definition) is 0. The molecule has 1 amide bonds. The molecule has 140 valence electrons. The Morgan fingerprint density at radius 1 is 1.22 bits per heavy atom. The molecule has 7 heteroatoms. The van der Waals surface area contributed by atoms with Gasteiger partial charge < -0.3 is 4.74 Å². The van der Waals surface area contributed by atoms with Crippen molar-refractivity contribution in [3.05, 3.63) is 47.2 Å². The number of amides is 1. The van der Waals surface area contributed by atoms with Gasteiger partial charge in [-0.25, -0.2) is 13.6 Å². The molecule has 1 aliphatic heterocycles. The van der Waals surface area contributed by atoms with Crippen molar-refractivity contribution < 1.29 is 18.3 Å². The second kappa shape index (κ2) is 5.24. The van der Waals surface area contributed by atoms with Gasteiger partial charge in [0.25, 0.3) is 0 Å². The fourth-order valence-corrected chi connectivity index (χ4v) is 5.50. The molecule has 3 aliphatic rings. The van der Waals surface area contributed by atoms with Crippen molar-refractivity contribution in [3.63, 3.8) is 0 Å². The molecule has 1 aromatic heterocycles. The first-order valence-corrected chi connectivity index (χ1v) is 9.15. The summed E-state index contributed by atoms with van der Waals surface area (Å²) < 4.78 is 33.6. The van der Waals surface area contributed by atoms with Gasteiger partial charge in [0.2, 0.25) is 0 Å². The van der Waals surface area contributed by atoms with Crippen LogP contribution in [0.5, 0.6) is 0 Å². The molecule has 1 aromatic carbocycles. The third-order valence-electron chi connectivity index (χ3n) is 6.76. The molecule has 5 nitrogen and oxygen atoms in total. The monoisotopic (exact) mass is 371 g/mol. The summed E-state index contributed by atoms with van der Waals surface area (Å²) >= 11 is 0. The minimum atomic E-state index is -0.662. The van der Waals surface area contributed by atoms with Crippen LogP contribution in [0.1, 0.15) is 43.9 Å². The lowest BCUT2D eigenvalue weighted by molar-refractivity contribution is 0.0418. The normalized spacial score (nSPS) is 27.8. The highest BCUT2D eigenvalue weighted by Crippen LogP contribution is 2.68. The number of rotatable bonds is 2. The van der Waals surface area contributed by atoms with E-state index in [0.717, 1.165) is 24.1 Å². The summed E-state index contributed by atoms with van der Waals surface area (Å²) in [5.41, 5.74) is 0.844. The summed E-state index contributed by atoms with van der Waals surface area (Å²) in [5.74, 6) is -1.18. The minimum absolute atomic E-state index is 0.144. The standard InChI is InChI=1S/C20H19F2N3O2/c1-19(2)12-6-7-20(19,25-8-9-27-18(25)26)17-11(12)10-15(23-24-17)16-13(21)4-3-5-14(16)22/h3-5,10,12H,6-9H2,1-2H3/t12-,20-/m1/s1. The van der Waals surface area contributed by atoms with E-state index in [9.17, 15) is 13.6 Å². The first kappa shape index (κ1) is 16.6. The van der Waals surface area contributed by atoms with E-state index in [2.05, 4.69) is 24.0 Å². The highest BCUT2D eigenvalue weighted by Gasteiger charge is 2.68. The second-order valence-corrected chi connectivity index (χ2v) is 8.07. The quantitative estimate of drug-likeness (QED) is 0.801. The van der Waals surface area contributed by atoms with E-state index < -0.39 is 17.2 Å². The molecule has 2 heterocycles. The van der Waals surface area contributed by atoms with Gasteiger partial charge >= 0.3 is 6.09 Å². The molecule has 2 aliphatic carbocycles. The zero-order valence-electron chi connectivity index (χ0n) is 15.1. The predicted molar refractivity (Wildman–Crippen MR) is 92.9 cm³/mol. The third-order valence-corrected chi connectivity index (χ3v) is 6.76. The lowest BCUT2D eigenvalue weighted by Gasteiger charge is -2.43. The van der Waals surface area contributed by atoms with Gasteiger partial charge in [-0.05, 0) is 42.5 Å². The van der Waals surface area contributed by atoms with Crippen molar-refractivity contribution >= 4 is 6.09 Å². The third kappa shape index (κ3) is 1.89. The fourth-order valence-electron chi connectivity index (χ4n) is 5.50. The number of nitrogens with zero attached hydrogens (tertiary/aromatic N) is 3. The van der Waals surface area contributed by atoms with Crippen LogP contribution in [0.2, 0.25) is 0 Å². The first-order chi connectivity index (χ1) is 12.9. The summed E-state index contributed by atoms with van der Waals surface area (Å²) in [5, 5.41) is 8.57. The Hall–Kier alpha value is -2.57. The number of cyclic esters (lactones) is 1. The molecule has 27 heavy (non-hydrogen) atoms. The summed E-state index contributed by atoms with van der Waals surface area (Å²) in [6, 6.07) is 5.50. The lowest BCUT2D eigenvalue weighted by atomic mass is 9.74. The van der Waals surface area contributed by atoms with Crippen molar-refractivity contribution in [2.24, 2.45) is 5.41 Å². The number of aromatic nitrogens is 2. The predicted octanol–water partition coefficient (Wildman–Crippen LogP) is 3.99. The maximum absolute atomic E-state index is 14.2. The van der Waals surface area contributed by atoms with E-state index >= 15 is 0 Å². The highest BCUT2D eigenvalue weighted by molar-refractivity contribution is 5.72. The minimum Gasteiger partial charge on any atom is -0.448 e. The highest BCUT2D eigenvalue weighted by atomic mass is 19.1. The Balaban J connectivity index is 1.70. The van der Waals surface area contributed by atoms with E-state index in [0.29, 0.717) is 13.2 Å². The molecule has 0 N–H and O–H groups in total. The zero-order chi connectivity index (χ0) is 19.0. The SMILES string of the molecule is CC1(C)[C@@H]2CC[C@@]1(N1CCOC1=O)c1nnc(-c3c(F)cccc3F)cc12. The van der Waals surface area contributed by atoms with Gasteiger partial charge in [0.05, 0.1) is 29.0 Å². The fraction of sp³-hybridized carbons (Fsp3) is 0.450. The Kier molecular flexibility index (Phi) is 3.22. The molecule has 0 spiro atoms. The van der Waals surface area contributed by atoms with Gasteiger partial charge in [-0.1, -0.05) is 19.9 Å². The number of fused-ring (bicyclic) bond motifs is 5. The van der Waals surface area contributed by atoms with Crippen molar-refractivity contribution in [1.82, 2.24) is 15.1 Å². The Bertz CT molecular complexity index is 957. The van der Waals surface area contributed by atoms with E-state index in [1.54, 1.807) is 11.0 Å². The summed E-state index contributed by atoms with van der Waals surface area (Å²) in [4.78, 5) is 14.2. The van der Waals surface area contributed by atoms with Crippen molar-refractivity contribution in [2.75, 3.05) is 13.2 Å². The molecule has 2 aromatic rings. The van der Waals surface area contributed by atoms with E-state index in [1.807, 2.05) is 0 Å². The first-order valence-electron chi connectivity index (χ1n) is 9.15. The maximum atomic E-state index is 14.2. The number of ether oxygens (including phenoxy) is 1. The second-order valence-electron chi connectivity index (χ2n) is 8.07. The molecule has 0 radical (unpaired) electrons. The number of hydrogen-bond acceptors (Lipinski definition) is 4. The van der Waals surface area contributed by atoms with Crippen LogP contribution in [-0.2, 0) is 10.3 Å². The largest absolute Gasteiger partial charge is 0.448 e. The lowest BCUT2D eigenvalue weighted by Crippen LogP contribution is -2.52. The van der Waals surface area contributed by atoms with Crippen LogP contribution in [0.3, 0.4) is 0 Å². The molecular formula is C20H19F2N3O2. The molecule has 2 fully saturated rings. The van der Waals surface area contributed by atoms with Gasteiger partial charge in [0, 0.05) is 5.41 Å². The van der Waals surface area contributed by atoms with E-state index in [-0.39, 0.29) is 28.7 Å². The average Bonchev–Trinajstić information content (AvgIpc) is 3.22. The Labute approximate surface area is 155 Å². The van der Waals surface area contributed by atoms with Gasteiger partial charge in [-0.2, -0.15) is 5.10 Å². The van der Waals surface area contributed by atoms with Crippen LogP contribution in [-0.4, -0.2) is 34.3 Å².